The van der Waals surface area contributed by atoms with Crippen molar-refractivity contribution in [3.8, 4) is 5.75 Å². The first-order valence-corrected chi connectivity index (χ1v) is 6.16. The number of ether oxygens (including phenoxy) is 1. The molecule has 2 rings (SSSR count). The van der Waals surface area contributed by atoms with Gasteiger partial charge in [0.15, 0.2) is 5.78 Å². The van der Waals surface area contributed by atoms with Gasteiger partial charge in [-0.2, -0.15) is 0 Å². The molecule has 0 spiro atoms. The largest absolute Gasteiger partial charge is 0.491 e. The number of aryl methyl sites for hydroxylation is 1. The average molecular weight is 254 g/mol. The molecule has 1 saturated carbocycles. The smallest absolute Gasteiger partial charge is 0.180 e. The van der Waals surface area contributed by atoms with Crippen molar-refractivity contribution in [2.75, 3.05) is 13.2 Å². The van der Waals surface area contributed by atoms with Crippen LogP contribution >= 0.6 is 11.6 Å². The number of rotatable bonds is 5. The molecule has 0 aliphatic heterocycles. The molecular weight excluding hydrogens is 238 g/mol. The van der Waals surface area contributed by atoms with E-state index in [0.29, 0.717) is 28.9 Å². The molecule has 1 fully saturated rings. The summed E-state index contributed by atoms with van der Waals surface area (Å²) in [5.41, 5.74) is 6.83. The number of benzene rings is 1. The van der Waals surface area contributed by atoms with Gasteiger partial charge >= 0.3 is 0 Å². The lowest BCUT2D eigenvalue weighted by Gasteiger charge is -2.13. The van der Waals surface area contributed by atoms with Gasteiger partial charge in [0.1, 0.15) is 5.75 Å². The summed E-state index contributed by atoms with van der Waals surface area (Å²) in [5.74, 6) is 0.967. The molecule has 17 heavy (non-hydrogen) atoms. The minimum Gasteiger partial charge on any atom is -0.491 e. The first-order chi connectivity index (χ1) is 8.11. The van der Waals surface area contributed by atoms with Crippen molar-refractivity contribution in [3.63, 3.8) is 0 Å². The van der Waals surface area contributed by atoms with Crippen molar-refractivity contribution in [2.45, 2.75) is 19.8 Å². The van der Waals surface area contributed by atoms with Crippen LogP contribution in [0.1, 0.15) is 28.8 Å². The molecule has 4 heteroatoms. The topological polar surface area (TPSA) is 52.3 Å². The van der Waals surface area contributed by atoms with Crippen molar-refractivity contribution in [1.82, 2.24) is 0 Å². The van der Waals surface area contributed by atoms with Crippen LogP contribution in [0.2, 0.25) is 5.02 Å². The van der Waals surface area contributed by atoms with Crippen molar-refractivity contribution < 1.29 is 9.53 Å². The predicted molar refractivity (Wildman–Crippen MR) is 67.8 cm³/mol. The third-order valence-electron chi connectivity index (χ3n) is 2.83. The van der Waals surface area contributed by atoms with Crippen LogP contribution in [-0.4, -0.2) is 18.9 Å². The molecule has 2 N–H and O–H groups in total. The Morgan fingerprint density at radius 2 is 2.24 bits per heavy atom. The summed E-state index contributed by atoms with van der Waals surface area (Å²) in [6, 6.07) is 3.58. The Kier molecular flexibility index (Phi) is 3.69. The van der Waals surface area contributed by atoms with Crippen LogP contribution in [0.25, 0.3) is 0 Å². The number of halogens is 1. The lowest BCUT2D eigenvalue weighted by Crippen LogP contribution is -2.16. The van der Waals surface area contributed by atoms with Crippen LogP contribution in [0.15, 0.2) is 12.1 Å². The van der Waals surface area contributed by atoms with Crippen molar-refractivity contribution in [2.24, 2.45) is 11.7 Å². The Bertz CT molecular complexity index is 441. The number of hydrogen-bond donors (Lipinski definition) is 1. The first-order valence-electron chi connectivity index (χ1n) is 5.78. The molecule has 1 aromatic carbocycles. The number of nitrogens with two attached hydrogens (primary N) is 1. The second-order valence-electron chi connectivity index (χ2n) is 4.51. The van der Waals surface area contributed by atoms with Gasteiger partial charge in [0.05, 0.1) is 23.7 Å². The maximum atomic E-state index is 11.7. The third-order valence-corrected chi connectivity index (χ3v) is 3.11. The van der Waals surface area contributed by atoms with Crippen molar-refractivity contribution in [3.05, 3.63) is 28.3 Å². The zero-order valence-corrected chi connectivity index (χ0v) is 10.6. The third kappa shape index (κ3) is 2.99. The molecule has 0 amide bonds. The van der Waals surface area contributed by atoms with E-state index in [1.807, 2.05) is 6.92 Å². The molecule has 1 aromatic rings. The van der Waals surface area contributed by atoms with E-state index in [4.69, 9.17) is 22.1 Å². The van der Waals surface area contributed by atoms with Gasteiger partial charge in [0, 0.05) is 0 Å². The standard InChI is InChI=1S/C13H16ClNO2/c1-8-4-10(12(16)6-15)13(11(14)5-8)17-7-9-2-3-9/h4-5,9H,2-3,6-7,15H2,1H3. The second kappa shape index (κ2) is 5.07. The quantitative estimate of drug-likeness (QED) is 0.821. The molecule has 0 saturated heterocycles. The van der Waals surface area contributed by atoms with Gasteiger partial charge in [0.25, 0.3) is 0 Å². The van der Waals surface area contributed by atoms with E-state index in [1.54, 1.807) is 12.1 Å². The van der Waals surface area contributed by atoms with E-state index in [2.05, 4.69) is 0 Å². The molecule has 1 aliphatic rings. The molecule has 0 atom stereocenters. The van der Waals surface area contributed by atoms with Crippen LogP contribution in [0.5, 0.6) is 5.75 Å². The van der Waals surface area contributed by atoms with Crippen molar-refractivity contribution in [1.29, 1.82) is 0 Å². The first kappa shape index (κ1) is 12.4. The second-order valence-corrected chi connectivity index (χ2v) is 4.91. The van der Waals surface area contributed by atoms with Crippen LogP contribution in [0.3, 0.4) is 0 Å². The van der Waals surface area contributed by atoms with Gasteiger partial charge in [-0.25, -0.2) is 0 Å². The van der Waals surface area contributed by atoms with E-state index in [1.165, 1.54) is 12.8 Å². The lowest BCUT2D eigenvalue weighted by atomic mass is 10.1. The van der Waals surface area contributed by atoms with E-state index in [-0.39, 0.29) is 12.3 Å². The summed E-state index contributed by atoms with van der Waals surface area (Å²) >= 11 is 6.12. The highest BCUT2D eigenvalue weighted by Gasteiger charge is 2.24. The van der Waals surface area contributed by atoms with Gasteiger partial charge in [0.2, 0.25) is 0 Å². The average Bonchev–Trinajstić information content (AvgIpc) is 3.09. The molecular formula is C13H16ClNO2. The summed E-state index contributed by atoms with van der Waals surface area (Å²) in [7, 11) is 0. The number of hydrogen-bond acceptors (Lipinski definition) is 3. The summed E-state index contributed by atoms with van der Waals surface area (Å²) in [4.78, 5) is 11.7. The minimum absolute atomic E-state index is 0.0282. The van der Waals surface area contributed by atoms with Gasteiger partial charge in [-0.05, 0) is 43.4 Å². The van der Waals surface area contributed by atoms with Gasteiger partial charge in [-0.15, -0.1) is 0 Å². The van der Waals surface area contributed by atoms with E-state index < -0.39 is 0 Å². The molecule has 0 aromatic heterocycles. The highest BCUT2D eigenvalue weighted by atomic mass is 35.5. The maximum absolute atomic E-state index is 11.7. The number of ketones is 1. The zero-order chi connectivity index (χ0) is 12.4. The van der Waals surface area contributed by atoms with Crippen LogP contribution in [0, 0.1) is 12.8 Å². The Hall–Kier alpha value is -1.06. The van der Waals surface area contributed by atoms with E-state index in [0.717, 1.165) is 5.56 Å². The Morgan fingerprint density at radius 3 is 2.82 bits per heavy atom. The van der Waals surface area contributed by atoms with Gasteiger partial charge in [-0.3, -0.25) is 4.79 Å². The lowest BCUT2D eigenvalue weighted by molar-refractivity contribution is 0.0997. The molecule has 1 aliphatic carbocycles. The van der Waals surface area contributed by atoms with Crippen LogP contribution in [0.4, 0.5) is 0 Å². The number of carbonyl (C=O) groups excluding carboxylic acids is 1. The normalized spacial score (nSPS) is 14.8. The van der Waals surface area contributed by atoms with E-state index >= 15 is 0 Å². The monoisotopic (exact) mass is 253 g/mol. The SMILES string of the molecule is Cc1cc(Cl)c(OCC2CC2)c(C(=O)CN)c1. The Balaban J connectivity index is 2.28. The maximum Gasteiger partial charge on any atom is 0.180 e. The number of Topliss-reactive ketones (excluding diaryl/α,β-unsaturated/α-hetero) is 1. The zero-order valence-electron chi connectivity index (χ0n) is 9.83. The molecule has 0 bridgehead atoms. The van der Waals surface area contributed by atoms with Crippen molar-refractivity contribution >= 4 is 17.4 Å². The molecule has 3 nitrogen and oxygen atoms in total. The summed E-state index contributed by atoms with van der Waals surface area (Å²) in [6.45, 7) is 2.50. The highest BCUT2D eigenvalue weighted by Crippen LogP contribution is 2.34. The van der Waals surface area contributed by atoms with E-state index in [9.17, 15) is 4.79 Å². The molecule has 0 unspecified atom stereocenters. The van der Waals surface area contributed by atoms with Crippen LogP contribution in [-0.2, 0) is 0 Å². The van der Waals surface area contributed by atoms with Gasteiger partial charge in [-0.1, -0.05) is 11.6 Å². The minimum atomic E-state index is -0.138. The predicted octanol–water partition coefficient (Wildman–Crippen LogP) is 2.58. The van der Waals surface area contributed by atoms with Gasteiger partial charge < -0.3 is 10.5 Å². The molecule has 0 heterocycles. The summed E-state index contributed by atoms with van der Waals surface area (Å²) in [6.07, 6.45) is 2.40. The Labute approximate surface area is 106 Å². The van der Waals surface area contributed by atoms with Crippen LogP contribution < -0.4 is 10.5 Å². The summed E-state index contributed by atoms with van der Waals surface area (Å²) in [5, 5.41) is 0.488. The summed E-state index contributed by atoms with van der Waals surface area (Å²) < 4.78 is 5.66. The fourth-order valence-electron chi connectivity index (χ4n) is 1.68. The Morgan fingerprint density at radius 1 is 1.53 bits per heavy atom. The molecule has 92 valence electrons. The fraction of sp³-hybridized carbons (Fsp3) is 0.462. The molecule has 0 radical (unpaired) electrons. The number of carbonyl (C=O) groups is 1. The highest BCUT2D eigenvalue weighted by molar-refractivity contribution is 6.32. The fourth-order valence-corrected chi connectivity index (χ4v) is 2.01.